The Morgan fingerprint density at radius 1 is 1.22 bits per heavy atom. The number of aryl methyl sites for hydroxylation is 1. The van der Waals surface area contributed by atoms with Crippen LogP contribution >= 0.6 is 0 Å². The van der Waals surface area contributed by atoms with Gasteiger partial charge in [0.1, 0.15) is 5.82 Å². The van der Waals surface area contributed by atoms with Crippen LogP contribution in [-0.4, -0.2) is 40.3 Å². The second kappa shape index (κ2) is 7.84. The van der Waals surface area contributed by atoms with Crippen molar-refractivity contribution in [3.05, 3.63) is 60.1 Å². The first-order valence-electron chi connectivity index (χ1n) is 7.11. The molecule has 0 saturated heterocycles. The molecule has 2 aromatic rings. The Balaban J connectivity index is 1.88. The quantitative estimate of drug-likeness (QED) is 0.856. The van der Waals surface area contributed by atoms with Gasteiger partial charge in [-0.25, -0.2) is 4.98 Å². The number of pyridine rings is 2. The predicted octanol–water partition coefficient (Wildman–Crippen LogP) is 1.90. The highest BCUT2D eigenvalue weighted by molar-refractivity contribution is 5.97. The van der Waals surface area contributed by atoms with Crippen molar-refractivity contribution in [2.45, 2.75) is 6.92 Å². The van der Waals surface area contributed by atoms with Crippen molar-refractivity contribution in [2.75, 3.05) is 18.9 Å². The second-order valence-corrected chi connectivity index (χ2v) is 5.05. The van der Waals surface area contributed by atoms with Crippen LogP contribution in [0.15, 0.2) is 48.8 Å². The maximum atomic E-state index is 12.0. The third-order valence-electron chi connectivity index (χ3n) is 3.02. The summed E-state index contributed by atoms with van der Waals surface area (Å²) >= 11 is 0. The third kappa shape index (κ3) is 5.35. The largest absolute Gasteiger partial charge is 0.333 e. The Hall–Kier alpha value is -3.02. The van der Waals surface area contributed by atoms with E-state index in [0.717, 1.165) is 5.56 Å². The molecule has 0 bridgehead atoms. The highest BCUT2D eigenvalue weighted by atomic mass is 16.2. The molecular weight excluding hydrogens is 292 g/mol. The monoisotopic (exact) mass is 310 g/mol. The molecule has 0 radical (unpaired) electrons. The summed E-state index contributed by atoms with van der Waals surface area (Å²) in [4.78, 5) is 33.4. The van der Waals surface area contributed by atoms with E-state index in [1.807, 2.05) is 19.1 Å². The Bertz CT molecular complexity index is 714. The number of anilines is 1. The average Bonchev–Trinajstić information content (AvgIpc) is 2.53. The molecule has 0 aliphatic rings. The number of carbonyl (C=O) groups excluding carboxylic acids is 2. The molecule has 2 heterocycles. The van der Waals surface area contributed by atoms with E-state index in [-0.39, 0.29) is 18.4 Å². The van der Waals surface area contributed by atoms with Crippen molar-refractivity contribution in [2.24, 2.45) is 0 Å². The fourth-order valence-corrected chi connectivity index (χ4v) is 1.84. The lowest BCUT2D eigenvalue weighted by Gasteiger charge is -2.14. The molecule has 0 aromatic carbocycles. The lowest BCUT2D eigenvalue weighted by molar-refractivity contribution is -0.129. The fourth-order valence-electron chi connectivity index (χ4n) is 1.84. The van der Waals surface area contributed by atoms with E-state index in [2.05, 4.69) is 15.3 Å². The Kier molecular flexibility index (Phi) is 5.57. The van der Waals surface area contributed by atoms with Gasteiger partial charge in [0.05, 0.1) is 12.2 Å². The van der Waals surface area contributed by atoms with Gasteiger partial charge in [0, 0.05) is 25.5 Å². The van der Waals surface area contributed by atoms with Crippen LogP contribution in [0.3, 0.4) is 0 Å². The Labute approximate surface area is 134 Å². The topological polar surface area (TPSA) is 75.2 Å². The van der Waals surface area contributed by atoms with Gasteiger partial charge in [-0.1, -0.05) is 6.07 Å². The van der Waals surface area contributed by atoms with E-state index in [9.17, 15) is 9.59 Å². The first-order chi connectivity index (χ1) is 11.0. The van der Waals surface area contributed by atoms with Crippen LogP contribution < -0.4 is 5.32 Å². The van der Waals surface area contributed by atoms with E-state index in [1.165, 1.54) is 11.0 Å². The van der Waals surface area contributed by atoms with Crippen molar-refractivity contribution >= 4 is 23.7 Å². The Morgan fingerprint density at radius 3 is 2.74 bits per heavy atom. The number of nitrogens with zero attached hydrogens (tertiary/aromatic N) is 3. The molecule has 0 aliphatic heterocycles. The molecule has 1 N–H and O–H groups in total. The number of amides is 2. The number of aromatic nitrogens is 2. The van der Waals surface area contributed by atoms with E-state index in [1.54, 1.807) is 43.7 Å². The van der Waals surface area contributed by atoms with Crippen LogP contribution in [0.2, 0.25) is 0 Å². The average molecular weight is 310 g/mol. The number of carbonyl (C=O) groups is 2. The van der Waals surface area contributed by atoms with E-state index in [0.29, 0.717) is 11.5 Å². The van der Waals surface area contributed by atoms with Crippen LogP contribution in [0, 0.1) is 6.92 Å². The summed E-state index contributed by atoms with van der Waals surface area (Å²) in [5, 5.41) is 2.66. The summed E-state index contributed by atoms with van der Waals surface area (Å²) in [5.41, 5.74) is 1.68. The normalized spacial score (nSPS) is 10.5. The maximum absolute atomic E-state index is 12.0. The van der Waals surface area contributed by atoms with Gasteiger partial charge in [-0.3, -0.25) is 14.6 Å². The molecule has 2 amide bonds. The maximum Gasteiger partial charge on any atom is 0.246 e. The van der Waals surface area contributed by atoms with Gasteiger partial charge in [0.25, 0.3) is 0 Å². The Morgan fingerprint density at radius 2 is 2.04 bits per heavy atom. The molecule has 6 nitrogen and oxygen atoms in total. The fraction of sp³-hybridized carbons (Fsp3) is 0.176. The van der Waals surface area contributed by atoms with Crippen molar-refractivity contribution < 1.29 is 9.59 Å². The van der Waals surface area contributed by atoms with Crippen molar-refractivity contribution in [1.29, 1.82) is 0 Å². The van der Waals surface area contributed by atoms with Crippen LogP contribution in [0.5, 0.6) is 0 Å². The first-order valence-corrected chi connectivity index (χ1v) is 7.11. The summed E-state index contributed by atoms with van der Waals surface area (Å²) in [6.07, 6.45) is 6.27. The summed E-state index contributed by atoms with van der Waals surface area (Å²) in [7, 11) is 1.56. The summed E-state index contributed by atoms with van der Waals surface area (Å²) in [6.45, 7) is 1.86. The lowest BCUT2D eigenvalue weighted by atomic mass is 10.3. The summed E-state index contributed by atoms with van der Waals surface area (Å²) in [5.74, 6) is -0.104. The van der Waals surface area contributed by atoms with Gasteiger partial charge in [-0.15, -0.1) is 0 Å². The zero-order chi connectivity index (χ0) is 16.7. The number of rotatable bonds is 5. The molecule has 2 aromatic heterocycles. The van der Waals surface area contributed by atoms with Crippen LogP contribution in [0.1, 0.15) is 11.3 Å². The van der Waals surface area contributed by atoms with Crippen molar-refractivity contribution in [3.8, 4) is 0 Å². The van der Waals surface area contributed by atoms with E-state index in [4.69, 9.17) is 0 Å². The first kappa shape index (κ1) is 16.4. The lowest BCUT2D eigenvalue weighted by Crippen LogP contribution is -2.34. The van der Waals surface area contributed by atoms with Crippen molar-refractivity contribution in [1.82, 2.24) is 14.9 Å². The number of hydrogen-bond acceptors (Lipinski definition) is 4. The molecule has 0 aliphatic carbocycles. The third-order valence-corrected chi connectivity index (χ3v) is 3.02. The predicted molar refractivity (Wildman–Crippen MR) is 88.5 cm³/mol. The summed E-state index contributed by atoms with van der Waals surface area (Å²) in [6, 6.07) is 9.03. The minimum Gasteiger partial charge on any atom is -0.333 e. The van der Waals surface area contributed by atoms with Gasteiger partial charge in [0.15, 0.2) is 0 Å². The number of nitrogens with one attached hydrogen (secondary N) is 1. The van der Waals surface area contributed by atoms with Gasteiger partial charge in [-0.05, 0) is 42.8 Å². The van der Waals surface area contributed by atoms with Crippen molar-refractivity contribution in [3.63, 3.8) is 0 Å². The molecule has 118 valence electrons. The standard InChI is InChI=1S/C17H18N4O2/c1-13-8-10-19-15(11-13)20-16(22)12-21(2)17(23)7-6-14-5-3-4-9-18-14/h3-11H,12H2,1-2H3,(H,19,20,22)/b7-6+. The molecule has 6 heteroatoms. The highest BCUT2D eigenvalue weighted by Gasteiger charge is 2.11. The molecule has 0 spiro atoms. The molecule has 0 atom stereocenters. The highest BCUT2D eigenvalue weighted by Crippen LogP contribution is 2.05. The zero-order valence-corrected chi connectivity index (χ0v) is 13.1. The minimum atomic E-state index is -0.301. The number of hydrogen-bond donors (Lipinski definition) is 1. The van der Waals surface area contributed by atoms with Gasteiger partial charge in [-0.2, -0.15) is 0 Å². The SMILES string of the molecule is Cc1ccnc(NC(=O)CN(C)C(=O)/C=C/c2ccccn2)c1. The van der Waals surface area contributed by atoms with Gasteiger partial charge in [0.2, 0.25) is 11.8 Å². The minimum absolute atomic E-state index is 0.0546. The smallest absolute Gasteiger partial charge is 0.246 e. The van der Waals surface area contributed by atoms with Crippen LogP contribution in [0.4, 0.5) is 5.82 Å². The van der Waals surface area contributed by atoms with Crippen LogP contribution in [0.25, 0.3) is 6.08 Å². The molecule has 0 fully saturated rings. The second-order valence-electron chi connectivity index (χ2n) is 5.05. The molecule has 0 unspecified atom stereocenters. The molecular formula is C17H18N4O2. The zero-order valence-electron chi connectivity index (χ0n) is 13.1. The van der Waals surface area contributed by atoms with Gasteiger partial charge < -0.3 is 10.2 Å². The molecule has 2 rings (SSSR count). The van der Waals surface area contributed by atoms with Gasteiger partial charge >= 0.3 is 0 Å². The molecule has 23 heavy (non-hydrogen) atoms. The van der Waals surface area contributed by atoms with E-state index < -0.39 is 0 Å². The molecule has 0 saturated carbocycles. The van der Waals surface area contributed by atoms with Crippen LogP contribution in [-0.2, 0) is 9.59 Å². The van der Waals surface area contributed by atoms with E-state index >= 15 is 0 Å². The summed E-state index contributed by atoms with van der Waals surface area (Å²) < 4.78 is 0. The number of likely N-dealkylation sites (N-methyl/N-ethyl adjacent to an activating group) is 1.